The molecular formula is C13H14N2O2S. The lowest BCUT2D eigenvalue weighted by Crippen LogP contribution is -2.12. The number of aromatic nitrogens is 1. The number of para-hydroxylation sites is 1. The molecular weight excluding hydrogens is 248 g/mol. The number of anilines is 1. The molecule has 0 aliphatic heterocycles. The number of benzene rings is 1. The van der Waals surface area contributed by atoms with Gasteiger partial charge in [0.05, 0.1) is 17.9 Å². The van der Waals surface area contributed by atoms with Crippen LogP contribution in [-0.2, 0) is 0 Å². The smallest absolute Gasteiger partial charge is 0.260 e. The van der Waals surface area contributed by atoms with E-state index in [2.05, 4.69) is 9.69 Å². The molecule has 0 fully saturated rings. The average Bonchev–Trinajstić information content (AvgIpc) is 2.76. The van der Waals surface area contributed by atoms with Crippen LogP contribution in [0.5, 0.6) is 5.75 Å². The molecule has 2 rings (SSSR count). The molecule has 0 radical (unpaired) electrons. The van der Waals surface area contributed by atoms with Gasteiger partial charge in [0, 0.05) is 0 Å². The van der Waals surface area contributed by atoms with Crippen molar-refractivity contribution in [3.8, 4) is 5.75 Å². The molecule has 2 aromatic rings. The number of hydrogen-bond donors (Lipinski definition) is 1. The zero-order valence-corrected chi connectivity index (χ0v) is 11.1. The number of rotatable bonds is 4. The highest BCUT2D eigenvalue weighted by molar-refractivity contribution is 7.10. The highest BCUT2D eigenvalue weighted by Crippen LogP contribution is 2.21. The molecule has 94 valence electrons. The zero-order chi connectivity index (χ0) is 13.0. The lowest BCUT2D eigenvalue weighted by molar-refractivity contribution is 0.102. The van der Waals surface area contributed by atoms with Gasteiger partial charge in [0.25, 0.3) is 5.91 Å². The molecule has 1 heterocycles. The topological polar surface area (TPSA) is 51.2 Å². The maximum Gasteiger partial charge on any atom is 0.260 e. The van der Waals surface area contributed by atoms with Crippen LogP contribution in [0.3, 0.4) is 0 Å². The van der Waals surface area contributed by atoms with E-state index in [0.717, 1.165) is 10.7 Å². The highest BCUT2D eigenvalue weighted by atomic mass is 32.1. The summed E-state index contributed by atoms with van der Waals surface area (Å²) in [6, 6.07) is 9.03. The number of carbonyl (C=O) groups excluding carboxylic acids is 1. The SMILES string of the molecule is CCOc1ccccc1C(=O)Nc1cc(C)ns1. The van der Waals surface area contributed by atoms with Crippen molar-refractivity contribution in [2.75, 3.05) is 11.9 Å². The van der Waals surface area contributed by atoms with Crippen LogP contribution >= 0.6 is 11.5 Å². The quantitative estimate of drug-likeness (QED) is 0.921. The minimum atomic E-state index is -0.178. The van der Waals surface area contributed by atoms with Crippen LogP contribution < -0.4 is 10.1 Å². The van der Waals surface area contributed by atoms with Gasteiger partial charge in [-0.1, -0.05) is 12.1 Å². The van der Waals surface area contributed by atoms with E-state index in [9.17, 15) is 4.79 Å². The van der Waals surface area contributed by atoms with Crippen LogP contribution in [-0.4, -0.2) is 16.9 Å². The fourth-order valence-electron chi connectivity index (χ4n) is 1.54. The van der Waals surface area contributed by atoms with Gasteiger partial charge in [0.1, 0.15) is 10.8 Å². The number of aryl methyl sites for hydroxylation is 1. The summed E-state index contributed by atoms with van der Waals surface area (Å²) in [5.74, 6) is 0.418. The number of ether oxygens (including phenoxy) is 1. The van der Waals surface area contributed by atoms with Crippen molar-refractivity contribution >= 4 is 22.4 Å². The van der Waals surface area contributed by atoms with E-state index in [4.69, 9.17) is 4.74 Å². The molecule has 0 aliphatic rings. The Hall–Kier alpha value is -1.88. The number of nitrogens with zero attached hydrogens (tertiary/aromatic N) is 1. The molecule has 0 saturated carbocycles. The summed E-state index contributed by atoms with van der Waals surface area (Å²) in [6.07, 6.45) is 0. The summed E-state index contributed by atoms with van der Waals surface area (Å²) >= 11 is 1.27. The molecule has 0 bridgehead atoms. The van der Waals surface area contributed by atoms with E-state index in [1.54, 1.807) is 12.1 Å². The predicted octanol–water partition coefficient (Wildman–Crippen LogP) is 3.10. The summed E-state index contributed by atoms with van der Waals surface area (Å²) in [5, 5.41) is 3.55. The van der Waals surface area contributed by atoms with E-state index in [0.29, 0.717) is 17.9 Å². The molecule has 0 atom stereocenters. The Morgan fingerprint density at radius 2 is 2.22 bits per heavy atom. The van der Waals surface area contributed by atoms with Crippen molar-refractivity contribution in [3.05, 3.63) is 41.6 Å². The summed E-state index contributed by atoms with van der Waals surface area (Å²) in [5.41, 5.74) is 1.43. The van der Waals surface area contributed by atoms with Crippen molar-refractivity contribution in [2.45, 2.75) is 13.8 Å². The number of carbonyl (C=O) groups is 1. The summed E-state index contributed by atoms with van der Waals surface area (Å²) in [7, 11) is 0. The molecule has 1 aromatic heterocycles. The fraction of sp³-hybridized carbons (Fsp3) is 0.231. The van der Waals surface area contributed by atoms with Crippen LogP contribution in [0.15, 0.2) is 30.3 Å². The Kier molecular flexibility index (Phi) is 3.94. The Morgan fingerprint density at radius 1 is 1.44 bits per heavy atom. The Labute approximate surface area is 110 Å². The first kappa shape index (κ1) is 12.6. The largest absolute Gasteiger partial charge is 0.493 e. The van der Waals surface area contributed by atoms with E-state index < -0.39 is 0 Å². The summed E-state index contributed by atoms with van der Waals surface area (Å²) < 4.78 is 9.55. The van der Waals surface area contributed by atoms with Gasteiger partial charge in [-0.05, 0) is 43.6 Å². The van der Waals surface area contributed by atoms with Gasteiger partial charge in [0.15, 0.2) is 0 Å². The predicted molar refractivity (Wildman–Crippen MR) is 72.4 cm³/mol. The third-order valence-corrected chi connectivity index (χ3v) is 3.09. The molecule has 0 aliphatic carbocycles. The summed E-state index contributed by atoms with van der Waals surface area (Å²) in [6.45, 7) is 4.31. The first-order chi connectivity index (χ1) is 8.70. The van der Waals surface area contributed by atoms with Crippen LogP contribution in [0.4, 0.5) is 5.00 Å². The molecule has 4 nitrogen and oxygen atoms in total. The maximum absolute atomic E-state index is 12.1. The Bertz CT molecular complexity index is 551. The molecule has 0 spiro atoms. The number of amides is 1. The van der Waals surface area contributed by atoms with Crippen LogP contribution in [0.25, 0.3) is 0 Å². The highest BCUT2D eigenvalue weighted by Gasteiger charge is 2.12. The van der Waals surface area contributed by atoms with Crippen LogP contribution in [0, 0.1) is 6.92 Å². The third kappa shape index (κ3) is 2.87. The molecule has 1 N–H and O–H groups in total. The van der Waals surface area contributed by atoms with Crippen molar-refractivity contribution < 1.29 is 9.53 Å². The molecule has 18 heavy (non-hydrogen) atoms. The average molecular weight is 262 g/mol. The first-order valence-electron chi connectivity index (χ1n) is 5.67. The standard InChI is InChI=1S/C13H14N2O2S/c1-3-17-11-7-5-4-6-10(11)13(16)14-12-8-9(2)15-18-12/h4-8H,3H2,1-2H3,(H,14,16). The molecule has 0 saturated heterocycles. The van der Waals surface area contributed by atoms with Crippen LogP contribution in [0.2, 0.25) is 0 Å². The lowest BCUT2D eigenvalue weighted by atomic mass is 10.2. The Morgan fingerprint density at radius 3 is 2.89 bits per heavy atom. The second-order valence-electron chi connectivity index (χ2n) is 3.72. The first-order valence-corrected chi connectivity index (χ1v) is 6.44. The number of hydrogen-bond acceptors (Lipinski definition) is 4. The van der Waals surface area contributed by atoms with E-state index >= 15 is 0 Å². The van der Waals surface area contributed by atoms with E-state index in [1.165, 1.54) is 11.5 Å². The minimum absolute atomic E-state index is 0.178. The maximum atomic E-state index is 12.1. The fourth-order valence-corrected chi connectivity index (χ4v) is 2.19. The summed E-state index contributed by atoms with van der Waals surface area (Å²) in [4.78, 5) is 12.1. The van der Waals surface area contributed by atoms with Gasteiger partial charge < -0.3 is 10.1 Å². The van der Waals surface area contributed by atoms with Gasteiger partial charge in [0.2, 0.25) is 0 Å². The van der Waals surface area contributed by atoms with E-state index in [-0.39, 0.29) is 5.91 Å². The van der Waals surface area contributed by atoms with Gasteiger partial charge >= 0.3 is 0 Å². The van der Waals surface area contributed by atoms with Crippen molar-refractivity contribution in [2.24, 2.45) is 0 Å². The number of nitrogens with one attached hydrogen (secondary N) is 1. The molecule has 0 unspecified atom stereocenters. The van der Waals surface area contributed by atoms with Crippen molar-refractivity contribution in [1.82, 2.24) is 4.37 Å². The second-order valence-corrected chi connectivity index (χ2v) is 4.52. The minimum Gasteiger partial charge on any atom is -0.493 e. The lowest BCUT2D eigenvalue weighted by Gasteiger charge is -2.09. The third-order valence-electron chi connectivity index (χ3n) is 2.30. The van der Waals surface area contributed by atoms with Gasteiger partial charge in [-0.15, -0.1) is 0 Å². The van der Waals surface area contributed by atoms with E-state index in [1.807, 2.05) is 32.0 Å². The molecule has 1 amide bonds. The molecule has 1 aromatic carbocycles. The molecule has 5 heteroatoms. The van der Waals surface area contributed by atoms with Crippen molar-refractivity contribution in [1.29, 1.82) is 0 Å². The van der Waals surface area contributed by atoms with Crippen molar-refractivity contribution in [3.63, 3.8) is 0 Å². The van der Waals surface area contributed by atoms with Gasteiger partial charge in [-0.2, -0.15) is 4.37 Å². The van der Waals surface area contributed by atoms with Gasteiger partial charge in [-0.3, -0.25) is 4.79 Å². The van der Waals surface area contributed by atoms with Gasteiger partial charge in [-0.25, -0.2) is 0 Å². The normalized spacial score (nSPS) is 10.1. The second kappa shape index (κ2) is 5.64. The van der Waals surface area contributed by atoms with Crippen LogP contribution in [0.1, 0.15) is 23.0 Å². The monoisotopic (exact) mass is 262 g/mol. The zero-order valence-electron chi connectivity index (χ0n) is 10.3. The Balaban J connectivity index is 2.18.